The number of halogens is 2. The average molecular weight is 526 g/mol. The Bertz CT molecular complexity index is 1260. The predicted octanol–water partition coefficient (Wildman–Crippen LogP) is 7.07. The van der Waals surface area contributed by atoms with Gasteiger partial charge in [-0.25, -0.2) is 18.6 Å². The number of ether oxygens (including phenoxy) is 1. The fourth-order valence-corrected chi connectivity index (χ4v) is 5.17. The standard InChI is InChI=1S/C28H29F2N3O3S/c1-3-4-16-36-27(35)33-14-12-19(13-15-33)26-32-24(18-37-26)25(34)31-23-11-6-5-10-22(23)20-8-7-9-21(17-20)28(2,29)30/h3,5-11,17-19H,1,4,12-16H2,2H3,(H,31,34). The van der Waals surface area contributed by atoms with Crippen LogP contribution in [0.2, 0.25) is 0 Å². The van der Waals surface area contributed by atoms with Crippen LogP contribution >= 0.6 is 11.3 Å². The molecule has 0 unspecified atom stereocenters. The van der Waals surface area contributed by atoms with Crippen molar-refractivity contribution in [3.8, 4) is 11.1 Å². The van der Waals surface area contributed by atoms with E-state index in [-0.39, 0.29) is 23.5 Å². The number of rotatable bonds is 8. The maximum absolute atomic E-state index is 13.9. The first kappa shape index (κ1) is 26.5. The zero-order chi connectivity index (χ0) is 26.4. The zero-order valence-corrected chi connectivity index (χ0v) is 21.4. The van der Waals surface area contributed by atoms with Gasteiger partial charge in [0.2, 0.25) is 0 Å². The van der Waals surface area contributed by atoms with E-state index < -0.39 is 5.92 Å². The summed E-state index contributed by atoms with van der Waals surface area (Å²) in [5.41, 5.74) is 1.96. The maximum Gasteiger partial charge on any atom is 0.409 e. The number of anilines is 1. The highest BCUT2D eigenvalue weighted by Gasteiger charge is 2.27. The van der Waals surface area contributed by atoms with Crippen molar-refractivity contribution in [1.82, 2.24) is 9.88 Å². The molecular weight excluding hydrogens is 496 g/mol. The zero-order valence-electron chi connectivity index (χ0n) is 20.6. The molecule has 3 aromatic rings. The number of hydrogen-bond donors (Lipinski definition) is 1. The highest BCUT2D eigenvalue weighted by atomic mass is 32.1. The number of aromatic nitrogens is 1. The molecule has 1 aromatic heterocycles. The quantitative estimate of drug-likeness (QED) is 0.252. The molecule has 37 heavy (non-hydrogen) atoms. The first-order valence-corrected chi connectivity index (χ1v) is 13.0. The van der Waals surface area contributed by atoms with Crippen LogP contribution < -0.4 is 5.32 Å². The number of piperidine rings is 1. The van der Waals surface area contributed by atoms with Gasteiger partial charge in [0.25, 0.3) is 11.8 Å². The molecule has 0 spiro atoms. The van der Waals surface area contributed by atoms with Crippen LogP contribution in [0.15, 0.2) is 66.6 Å². The van der Waals surface area contributed by atoms with Crippen molar-refractivity contribution in [3.63, 3.8) is 0 Å². The van der Waals surface area contributed by atoms with Crippen LogP contribution in [-0.4, -0.2) is 41.6 Å². The molecule has 1 saturated heterocycles. The number of para-hydroxylation sites is 1. The van der Waals surface area contributed by atoms with Gasteiger partial charge >= 0.3 is 6.09 Å². The minimum absolute atomic E-state index is 0.0913. The summed E-state index contributed by atoms with van der Waals surface area (Å²) in [5, 5.41) is 5.47. The molecule has 1 N–H and O–H groups in total. The van der Waals surface area contributed by atoms with Gasteiger partial charge < -0.3 is 15.0 Å². The molecule has 2 heterocycles. The lowest BCUT2D eigenvalue weighted by atomic mass is 9.98. The van der Waals surface area contributed by atoms with Crippen LogP contribution in [0, 0.1) is 0 Å². The van der Waals surface area contributed by atoms with Crippen molar-refractivity contribution in [2.45, 2.75) is 38.0 Å². The number of thiazole rings is 1. The Balaban J connectivity index is 1.41. The third-order valence-electron chi connectivity index (χ3n) is 6.26. The molecule has 2 aromatic carbocycles. The lowest BCUT2D eigenvalue weighted by Crippen LogP contribution is -2.38. The number of carbonyl (C=O) groups is 2. The molecule has 4 rings (SSSR count). The summed E-state index contributed by atoms with van der Waals surface area (Å²) >= 11 is 1.43. The van der Waals surface area contributed by atoms with E-state index in [1.807, 2.05) is 0 Å². The van der Waals surface area contributed by atoms with E-state index in [0.29, 0.717) is 48.6 Å². The van der Waals surface area contributed by atoms with Gasteiger partial charge in [-0.1, -0.05) is 42.5 Å². The molecule has 0 bridgehead atoms. The van der Waals surface area contributed by atoms with E-state index in [0.717, 1.165) is 24.8 Å². The van der Waals surface area contributed by atoms with Crippen molar-refractivity contribution in [1.29, 1.82) is 0 Å². The van der Waals surface area contributed by atoms with Crippen molar-refractivity contribution in [2.24, 2.45) is 0 Å². The fourth-order valence-electron chi connectivity index (χ4n) is 4.20. The van der Waals surface area contributed by atoms with Gasteiger partial charge in [0.1, 0.15) is 5.69 Å². The van der Waals surface area contributed by atoms with Crippen molar-refractivity contribution < 1.29 is 23.1 Å². The molecule has 0 saturated carbocycles. The summed E-state index contributed by atoms with van der Waals surface area (Å²) in [6, 6.07) is 13.2. The number of benzene rings is 2. The second-order valence-electron chi connectivity index (χ2n) is 8.99. The van der Waals surface area contributed by atoms with E-state index in [4.69, 9.17) is 4.74 Å². The van der Waals surface area contributed by atoms with E-state index in [9.17, 15) is 18.4 Å². The fraction of sp³-hybridized carbons (Fsp3) is 0.321. The molecule has 194 valence electrons. The first-order valence-electron chi connectivity index (χ1n) is 12.1. The smallest absolute Gasteiger partial charge is 0.409 e. The van der Waals surface area contributed by atoms with Gasteiger partial charge in [0.05, 0.1) is 11.6 Å². The molecule has 2 amide bonds. The lowest BCUT2D eigenvalue weighted by Gasteiger charge is -2.30. The number of alkyl halides is 2. The summed E-state index contributed by atoms with van der Waals surface area (Å²) in [6.45, 7) is 5.95. The maximum atomic E-state index is 13.9. The van der Waals surface area contributed by atoms with Crippen molar-refractivity contribution in [3.05, 3.63) is 82.8 Å². The molecule has 9 heteroatoms. The molecular formula is C28H29F2N3O3S. The Morgan fingerprint density at radius 1 is 1.22 bits per heavy atom. The van der Waals surface area contributed by atoms with Gasteiger partial charge in [0, 0.05) is 48.1 Å². The van der Waals surface area contributed by atoms with Gasteiger partial charge in [-0.3, -0.25) is 4.79 Å². The van der Waals surface area contributed by atoms with E-state index in [2.05, 4.69) is 16.9 Å². The SMILES string of the molecule is C=CCCOC(=O)N1CCC(c2nc(C(=O)Nc3ccccc3-c3cccc(C(C)(F)F)c3)cs2)CC1. The minimum atomic E-state index is -2.97. The number of amides is 2. The number of likely N-dealkylation sites (tertiary alicyclic amines) is 1. The summed E-state index contributed by atoms with van der Waals surface area (Å²) < 4.78 is 32.9. The monoisotopic (exact) mass is 525 g/mol. The van der Waals surface area contributed by atoms with Crippen molar-refractivity contribution in [2.75, 3.05) is 25.0 Å². The average Bonchev–Trinajstić information content (AvgIpc) is 3.39. The molecule has 0 atom stereocenters. The molecule has 0 aliphatic carbocycles. The van der Waals surface area contributed by atoms with Crippen LogP contribution in [0.1, 0.15) is 53.2 Å². The summed E-state index contributed by atoms with van der Waals surface area (Å²) in [7, 11) is 0. The number of nitrogens with zero attached hydrogens (tertiary/aromatic N) is 2. The Kier molecular flexibility index (Phi) is 8.33. The number of carbonyl (C=O) groups excluding carboxylic acids is 2. The number of nitrogens with one attached hydrogen (secondary N) is 1. The Hall–Kier alpha value is -3.59. The molecule has 6 nitrogen and oxygen atoms in total. The molecule has 0 radical (unpaired) electrons. The number of hydrogen-bond acceptors (Lipinski definition) is 5. The third kappa shape index (κ3) is 6.60. The second-order valence-corrected chi connectivity index (χ2v) is 9.88. The lowest BCUT2D eigenvalue weighted by molar-refractivity contribution is 0.0175. The van der Waals surface area contributed by atoms with Crippen LogP contribution in [0.4, 0.5) is 19.3 Å². The largest absolute Gasteiger partial charge is 0.449 e. The van der Waals surface area contributed by atoms with Crippen LogP contribution in [0.25, 0.3) is 11.1 Å². The van der Waals surface area contributed by atoms with Crippen LogP contribution in [0.3, 0.4) is 0 Å². The summed E-state index contributed by atoms with van der Waals surface area (Å²) in [4.78, 5) is 31.4. The first-order chi connectivity index (χ1) is 17.8. The van der Waals surface area contributed by atoms with Crippen LogP contribution in [-0.2, 0) is 10.7 Å². The van der Waals surface area contributed by atoms with Crippen LogP contribution in [0.5, 0.6) is 0 Å². The Morgan fingerprint density at radius 2 is 1.97 bits per heavy atom. The van der Waals surface area contributed by atoms with Crippen molar-refractivity contribution >= 4 is 29.0 Å². The van der Waals surface area contributed by atoms with Gasteiger partial charge in [0.15, 0.2) is 0 Å². The minimum Gasteiger partial charge on any atom is -0.449 e. The van der Waals surface area contributed by atoms with Gasteiger partial charge in [-0.2, -0.15) is 0 Å². The third-order valence-corrected chi connectivity index (χ3v) is 7.27. The van der Waals surface area contributed by atoms with Gasteiger partial charge in [-0.05, 0) is 37.0 Å². The van der Waals surface area contributed by atoms with Gasteiger partial charge in [-0.15, -0.1) is 17.9 Å². The topological polar surface area (TPSA) is 71.5 Å². The van der Waals surface area contributed by atoms with E-state index in [1.165, 1.54) is 23.5 Å². The highest BCUT2D eigenvalue weighted by Crippen LogP contribution is 2.34. The Labute approximate surface area is 219 Å². The molecule has 1 aliphatic heterocycles. The Morgan fingerprint density at radius 3 is 2.70 bits per heavy atom. The summed E-state index contributed by atoms with van der Waals surface area (Å²) in [6.07, 6.45) is 3.50. The molecule has 1 fully saturated rings. The normalized spacial score (nSPS) is 14.3. The highest BCUT2D eigenvalue weighted by molar-refractivity contribution is 7.10. The predicted molar refractivity (Wildman–Crippen MR) is 141 cm³/mol. The van der Waals surface area contributed by atoms with E-state index in [1.54, 1.807) is 52.8 Å². The van der Waals surface area contributed by atoms with E-state index >= 15 is 0 Å². The summed E-state index contributed by atoms with van der Waals surface area (Å²) in [5.74, 6) is -3.17. The second kappa shape index (κ2) is 11.6. The molecule has 1 aliphatic rings.